The quantitative estimate of drug-likeness (QED) is 0.779. The van der Waals surface area contributed by atoms with Gasteiger partial charge in [0.2, 0.25) is 0 Å². The van der Waals surface area contributed by atoms with Crippen molar-refractivity contribution in [2.45, 2.75) is 19.4 Å². The molecule has 1 atom stereocenters. The van der Waals surface area contributed by atoms with Crippen molar-refractivity contribution in [1.82, 2.24) is 4.90 Å². The zero-order chi connectivity index (χ0) is 15.4. The normalized spacial score (nSPS) is 18.4. The number of halogens is 1. The van der Waals surface area contributed by atoms with Crippen LogP contribution in [0.25, 0.3) is 0 Å². The highest BCUT2D eigenvalue weighted by Crippen LogP contribution is 2.18. The van der Waals surface area contributed by atoms with Gasteiger partial charge in [0.15, 0.2) is 0 Å². The minimum Gasteiger partial charge on any atom is -0.469 e. The first-order valence-electron chi connectivity index (χ1n) is 6.74. The number of carbonyl (C=O) groups excluding carboxylic acids is 2. The molecule has 0 radical (unpaired) electrons. The van der Waals surface area contributed by atoms with Crippen molar-refractivity contribution >= 4 is 27.8 Å². The van der Waals surface area contributed by atoms with Crippen LogP contribution in [0.15, 0.2) is 22.7 Å². The second kappa shape index (κ2) is 7.04. The largest absolute Gasteiger partial charge is 0.469 e. The highest BCUT2D eigenvalue weighted by atomic mass is 79.9. The average molecular weight is 356 g/mol. The highest BCUT2D eigenvalue weighted by molar-refractivity contribution is 9.10. The van der Waals surface area contributed by atoms with E-state index < -0.39 is 0 Å². The van der Waals surface area contributed by atoms with Gasteiger partial charge in [0.05, 0.1) is 26.2 Å². The molecule has 0 spiro atoms. The highest BCUT2D eigenvalue weighted by Gasteiger charge is 2.27. The zero-order valence-corrected chi connectivity index (χ0v) is 13.7. The van der Waals surface area contributed by atoms with Gasteiger partial charge in [-0.1, -0.05) is 15.9 Å². The number of amides is 1. The number of methoxy groups -OCH3 is 1. The summed E-state index contributed by atoms with van der Waals surface area (Å²) in [5, 5.41) is 0. The van der Waals surface area contributed by atoms with Gasteiger partial charge in [0.25, 0.3) is 5.91 Å². The first-order chi connectivity index (χ1) is 9.99. The fourth-order valence-corrected chi connectivity index (χ4v) is 2.95. The number of hydrogen-bond donors (Lipinski definition) is 0. The molecular formula is C15H18BrNO4. The Hall–Kier alpha value is -1.40. The van der Waals surface area contributed by atoms with Gasteiger partial charge in [-0.3, -0.25) is 9.59 Å². The van der Waals surface area contributed by atoms with Crippen molar-refractivity contribution in [3.63, 3.8) is 0 Å². The molecule has 1 aliphatic rings. The van der Waals surface area contributed by atoms with E-state index >= 15 is 0 Å². The van der Waals surface area contributed by atoms with Gasteiger partial charge in [0, 0.05) is 23.1 Å². The van der Waals surface area contributed by atoms with Crippen LogP contribution in [0.3, 0.4) is 0 Å². The summed E-state index contributed by atoms with van der Waals surface area (Å²) >= 11 is 3.40. The van der Waals surface area contributed by atoms with Gasteiger partial charge in [-0.25, -0.2) is 0 Å². The minimum atomic E-state index is -0.326. The molecule has 0 aromatic heterocycles. The van der Waals surface area contributed by atoms with Gasteiger partial charge in [-0.2, -0.15) is 0 Å². The SMILES string of the molecule is COC(=O)CC1CN(C(=O)c2cc(C)cc(Br)c2)CCO1. The Labute approximate surface area is 132 Å². The minimum absolute atomic E-state index is 0.0439. The zero-order valence-electron chi connectivity index (χ0n) is 12.1. The third kappa shape index (κ3) is 4.28. The molecule has 1 saturated heterocycles. The van der Waals surface area contributed by atoms with E-state index in [1.807, 2.05) is 19.1 Å². The summed E-state index contributed by atoms with van der Waals surface area (Å²) in [6.07, 6.45) is -0.138. The fourth-order valence-electron chi connectivity index (χ4n) is 2.34. The van der Waals surface area contributed by atoms with Crippen molar-refractivity contribution < 1.29 is 19.1 Å². The molecule has 1 amide bonds. The van der Waals surface area contributed by atoms with Crippen molar-refractivity contribution in [2.75, 3.05) is 26.8 Å². The Bertz CT molecular complexity index is 526. The molecule has 1 aromatic rings. The number of aryl methyl sites for hydroxylation is 1. The molecule has 114 valence electrons. The fraction of sp³-hybridized carbons (Fsp3) is 0.467. The van der Waals surface area contributed by atoms with E-state index in [1.54, 1.807) is 11.0 Å². The lowest BCUT2D eigenvalue weighted by Crippen LogP contribution is -2.46. The number of hydrogen-bond acceptors (Lipinski definition) is 4. The van der Waals surface area contributed by atoms with Crippen LogP contribution in [-0.2, 0) is 14.3 Å². The van der Waals surface area contributed by atoms with E-state index in [4.69, 9.17) is 4.74 Å². The van der Waals surface area contributed by atoms with E-state index in [-0.39, 0.29) is 24.4 Å². The Kier molecular flexibility index (Phi) is 5.36. The van der Waals surface area contributed by atoms with Crippen LogP contribution in [0.4, 0.5) is 0 Å². The van der Waals surface area contributed by atoms with Crippen LogP contribution in [0.1, 0.15) is 22.3 Å². The molecule has 1 unspecified atom stereocenters. The standard InChI is InChI=1S/C15H18BrNO4/c1-10-5-11(7-12(16)6-10)15(19)17-3-4-21-13(9-17)8-14(18)20-2/h5-7,13H,3-4,8-9H2,1-2H3. The summed E-state index contributed by atoms with van der Waals surface area (Å²) in [6, 6.07) is 5.62. The second-order valence-electron chi connectivity index (χ2n) is 5.04. The molecular weight excluding hydrogens is 338 g/mol. The molecule has 0 N–H and O–H groups in total. The molecule has 0 bridgehead atoms. The summed E-state index contributed by atoms with van der Waals surface area (Å²) < 4.78 is 11.0. The summed E-state index contributed by atoms with van der Waals surface area (Å²) in [5.41, 5.74) is 1.66. The van der Waals surface area contributed by atoms with Gasteiger partial charge in [0.1, 0.15) is 0 Å². The van der Waals surface area contributed by atoms with Crippen LogP contribution >= 0.6 is 15.9 Å². The number of benzene rings is 1. The maximum Gasteiger partial charge on any atom is 0.308 e. The van der Waals surface area contributed by atoms with Crippen LogP contribution in [0.2, 0.25) is 0 Å². The summed E-state index contributed by atoms with van der Waals surface area (Å²) in [4.78, 5) is 25.6. The van der Waals surface area contributed by atoms with E-state index in [2.05, 4.69) is 20.7 Å². The van der Waals surface area contributed by atoms with Gasteiger partial charge in [-0.05, 0) is 30.7 Å². The van der Waals surface area contributed by atoms with Gasteiger partial charge >= 0.3 is 5.97 Å². The smallest absolute Gasteiger partial charge is 0.308 e. The molecule has 1 fully saturated rings. The van der Waals surface area contributed by atoms with Crippen LogP contribution in [0, 0.1) is 6.92 Å². The molecule has 2 rings (SSSR count). The Morgan fingerprint density at radius 3 is 2.86 bits per heavy atom. The molecule has 1 heterocycles. The van der Waals surface area contributed by atoms with E-state index in [0.717, 1.165) is 10.0 Å². The number of rotatable bonds is 3. The summed E-state index contributed by atoms with van der Waals surface area (Å²) in [6.45, 7) is 3.31. The average Bonchev–Trinajstić information content (AvgIpc) is 2.45. The second-order valence-corrected chi connectivity index (χ2v) is 5.96. The van der Waals surface area contributed by atoms with Crippen LogP contribution in [0.5, 0.6) is 0 Å². The molecule has 1 aromatic carbocycles. The Balaban J connectivity index is 2.06. The third-order valence-corrected chi connectivity index (χ3v) is 3.79. The van der Waals surface area contributed by atoms with E-state index in [0.29, 0.717) is 25.3 Å². The molecule has 0 aliphatic carbocycles. The van der Waals surface area contributed by atoms with Crippen molar-refractivity contribution in [3.05, 3.63) is 33.8 Å². The van der Waals surface area contributed by atoms with Crippen molar-refractivity contribution in [2.24, 2.45) is 0 Å². The number of nitrogens with zero attached hydrogens (tertiary/aromatic N) is 1. The summed E-state index contributed by atoms with van der Waals surface area (Å²) in [5.74, 6) is -0.370. The molecule has 0 saturated carbocycles. The van der Waals surface area contributed by atoms with Crippen LogP contribution < -0.4 is 0 Å². The maximum absolute atomic E-state index is 12.5. The van der Waals surface area contributed by atoms with Crippen LogP contribution in [-0.4, -0.2) is 49.7 Å². The molecule has 6 heteroatoms. The van der Waals surface area contributed by atoms with Gasteiger partial charge < -0.3 is 14.4 Å². The first kappa shape index (κ1) is 16.0. The Morgan fingerprint density at radius 2 is 2.19 bits per heavy atom. The number of esters is 1. The number of morpholine rings is 1. The lowest BCUT2D eigenvalue weighted by atomic mass is 10.1. The lowest BCUT2D eigenvalue weighted by molar-refractivity contribution is -0.145. The predicted octanol–water partition coefficient (Wildman–Crippen LogP) is 2.16. The van der Waals surface area contributed by atoms with E-state index in [9.17, 15) is 9.59 Å². The molecule has 1 aliphatic heterocycles. The molecule has 21 heavy (non-hydrogen) atoms. The molecule has 5 nitrogen and oxygen atoms in total. The van der Waals surface area contributed by atoms with Crippen molar-refractivity contribution in [1.29, 1.82) is 0 Å². The topological polar surface area (TPSA) is 55.8 Å². The maximum atomic E-state index is 12.5. The van der Waals surface area contributed by atoms with E-state index in [1.165, 1.54) is 7.11 Å². The third-order valence-electron chi connectivity index (χ3n) is 3.34. The number of ether oxygens (including phenoxy) is 2. The lowest BCUT2D eigenvalue weighted by Gasteiger charge is -2.32. The first-order valence-corrected chi connectivity index (χ1v) is 7.54. The number of carbonyl (C=O) groups is 2. The summed E-state index contributed by atoms with van der Waals surface area (Å²) in [7, 11) is 1.35. The van der Waals surface area contributed by atoms with Crippen molar-refractivity contribution in [3.8, 4) is 0 Å². The Morgan fingerprint density at radius 1 is 1.43 bits per heavy atom. The predicted molar refractivity (Wildman–Crippen MR) is 81.2 cm³/mol. The monoisotopic (exact) mass is 355 g/mol. The van der Waals surface area contributed by atoms with Gasteiger partial charge in [-0.15, -0.1) is 0 Å².